The van der Waals surface area contributed by atoms with Crippen LogP contribution in [0.25, 0.3) is 10.8 Å². The molecule has 8 nitrogen and oxygen atoms in total. The lowest BCUT2D eigenvalue weighted by molar-refractivity contribution is -0.140. The molecule has 0 saturated carbocycles. The molecule has 0 fully saturated rings. The van der Waals surface area contributed by atoms with E-state index < -0.39 is 34.4 Å². The quantitative estimate of drug-likeness (QED) is 0.486. The second kappa shape index (κ2) is 9.52. The number of nitrogens with one attached hydrogen (secondary N) is 1. The van der Waals surface area contributed by atoms with Gasteiger partial charge in [0.1, 0.15) is 11.8 Å². The predicted molar refractivity (Wildman–Crippen MR) is 103 cm³/mol. The zero-order valence-corrected chi connectivity index (χ0v) is 16.2. The average Bonchev–Trinajstić information content (AvgIpc) is 2.64. The van der Waals surface area contributed by atoms with Gasteiger partial charge in [-0.05, 0) is 25.0 Å². The molecule has 0 radical (unpaired) electrons. The van der Waals surface area contributed by atoms with Crippen molar-refractivity contribution in [1.29, 1.82) is 0 Å². The van der Waals surface area contributed by atoms with Gasteiger partial charge >= 0.3 is 11.9 Å². The molecule has 152 valence electrons. The van der Waals surface area contributed by atoms with E-state index in [1.54, 1.807) is 30.3 Å². The van der Waals surface area contributed by atoms with Crippen molar-refractivity contribution in [3.05, 3.63) is 36.4 Å². The lowest BCUT2D eigenvalue weighted by Gasteiger charge is -2.16. The number of carbonyl (C=O) groups is 2. The Kier molecular flexibility index (Phi) is 7.36. The molecule has 0 spiro atoms. The van der Waals surface area contributed by atoms with Crippen LogP contribution in [0.15, 0.2) is 41.3 Å². The highest BCUT2D eigenvalue weighted by atomic mass is 32.2. The van der Waals surface area contributed by atoms with Crippen molar-refractivity contribution in [2.75, 3.05) is 6.61 Å². The van der Waals surface area contributed by atoms with E-state index >= 15 is 0 Å². The minimum Gasteiger partial charge on any atom is -0.493 e. The number of rotatable bonds is 11. The molecule has 0 aliphatic rings. The fourth-order valence-corrected chi connectivity index (χ4v) is 4.12. The van der Waals surface area contributed by atoms with Crippen LogP contribution in [0, 0.1) is 0 Å². The summed E-state index contributed by atoms with van der Waals surface area (Å²) in [5.41, 5.74) is 0. The number of fused-ring (bicyclic) bond motifs is 1. The highest BCUT2D eigenvalue weighted by molar-refractivity contribution is 7.89. The Morgan fingerprint density at radius 2 is 1.79 bits per heavy atom. The molecule has 0 aliphatic carbocycles. The Morgan fingerprint density at radius 1 is 1.11 bits per heavy atom. The molecular formula is C19H23NO7S. The maximum Gasteiger partial charge on any atom is 0.321 e. The van der Waals surface area contributed by atoms with Gasteiger partial charge in [0.2, 0.25) is 10.0 Å². The first-order chi connectivity index (χ1) is 13.3. The molecule has 2 rings (SSSR count). The second-order valence-corrected chi connectivity index (χ2v) is 7.94. The fourth-order valence-electron chi connectivity index (χ4n) is 2.68. The van der Waals surface area contributed by atoms with Crippen LogP contribution in [0.1, 0.15) is 32.6 Å². The number of carboxylic acid groups (broad SMARTS) is 2. The Labute approximate surface area is 163 Å². The van der Waals surface area contributed by atoms with Crippen LogP contribution in [-0.2, 0) is 19.6 Å². The van der Waals surface area contributed by atoms with E-state index in [1.807, 2.05) is 6.92 Å². The molecule has 0 unspecified atom stereocenters. The largest absolute Gasteiger partial charge is 0.493 e. The van der Waals surface area contributed by atoms with E-state index in [2.05, 4.69) is 4.72 Å². The van der Waals surface area contributed by atoms with Crippen LogP contribution < -0.4 is 9.46 Å². The third-order valence-electron chi connectivity index (χ3n) is 4.13. The molecule has 2 aromatic carbocycles. The Balaban J connectivity index is 2.38. The molecular weight excluding hydrogens is 386 g/mol. The molecule has 0 aromatic heterocycles. The van der Waals surface area contributed by atoms with Crippen molar-refractivity contribution in [2.45, 2.75) is 43.5 Å². The van der Waals surface area contributed by atoms with Crippen molar-refractivity contribution in [3.8, 4) is 5.75 Å². The Bertz CT molecular complexity index is 956. The highest BCUT2D eigenvalue weighted by Crippen LogP contribution is 2.31. The monoisotopic (exact) mass is 409 g/mol. The van der Waals surface area contributed by atoms with Gasteiger partial charge in [0.15, 0.2) is 0 Å². The normalized spacial score (nSPS) is 12.6. The molecule has 28 heavy (non-hydrogen) atoms. The second-order valence-electron chi connectivity index (χ2n) is 6.25. The molecule has 0 heterocycles. The van der Waals surface area contributed by atoms with Gasteiger partial charge in [-0.25, -0.2) is 8.42 Å². The summed E-state index contributed by atoms with van der Waals surface area (Å²) in [7, 11) is -4.20. The first kappa shape index (κ1) is 21.6. The minimum absolute atomic E-state index is 0.0903. The lowest BCUT2D eigenvalue weighted by Crippen LogP contribution is -2.41. The Hall–Kier alpha value is -2.65. The van der Waals surface area contributed by atoms with Crippen molar-refractivity contribution in [2.24, 2.45) is 0 Å². The number of sulfonamides is 1. The van der Waals surface area contributed by atoms with Crippen molar-refractivity contribution in [1.82, 2.24) is 4.72 Å². The van der Waals surface area contributed by atoms with Gasteiger partial charge < -0.3 is 14.9 Å². The summed E-state index contributed by atoms with van der Waals surface area (Å²) in [6, 6.07) is 8.14. The molecule has 2 aromatic rings. The standard InChI is InChI=1S/C19H23NO7S/c1-2-3-12-27-16-9-10-17(14-7-5-4-6-13(14)16)28(25,26)20-15(19(23)24)8-11-18(21)22/h4-7,9-10,15,20H,2-3,8,11-12H2,1H3,(H,21,22)(H,23,24)/t15-/m1/s1. The summed E-state index contributed by atoms with van der Waals surface area (Å²) in [6.45, 7) is 2.53. The van der Waals surface area contributed by atoms with Crippen LogP contribution in [-0.4, -0.2) is 43.2 Å². The van der Waals surface area contributed by atoms with Crippen LogP contribution in [0.3, 0.4) is 0 Å². The van der Waals surface area contributed by atoms with Crippen LogP contribution in [0.2, 0.25) is 0 Å². The van der Waals surface area contributed by atoms with Crippen molar-refractivity contribution >= 4 is 32.7 Å². The first-order valence-electron chi connectivity index (χ1n) is 8.87. The summed E-state index contributed by atoms with van der Waals surface area (Å²) < 4.78 is 33.5. The molecule has 1 atom stereocenters. The maximum absolute atomic E-state index is 12.8. The summed E-state index contributed by atoms with van der Waals surface area (Å²) in [4.78, 5) is 22.0. The Morgan fingerprint density at radius 3 is 2.39 bits per heavy atom. The van der Waals surface area contributed by atoms with Crippen molar-refractivity contribution < 1.29 is 33.0 Å². The number of hydrogen-bond acceptors (Lipinski definition) is 5. The third kappa shape index (κ3) is 5.43. The summed E-state index contributed by atoms with van der Waals surface area (Å²) in [5.74, 6) is -2.10. The summed E-state index contributed by atoms with van der Waals surface area (Å²) >= 11 is 0. The number of unbranched alkanes of at least 4 members (excludes halogenated alkanes) is 1. The number of carboxylic acids is 2. The maximum atomic E-state index is 12.8. The number of aliphatic carboxylic acids is 2. The van der Waals surface area contributed by atoms with E-state index in [0.29, 0.717) is 23.1 Å². The first-order valence-corrected chi connectivity index (χ1v) is 10.4. The fraction of sp³-hybridized carbons (Fsp3) is 0.368. The molecule has 3 N–H and O–H groups in total. The van der Waals surface area contributed by atoms with Gasteiger partial charge in [-0.1, -0.05) is 37.6 Å². The predicted octanol–water partition coefficient (Wildman–Crippen LogP) is 2.62. The SMILES string of the molecule is CCCCOc1ccc(S(=O)(=O)N[C@H](CCC(=O)O)C(=O)O)c2ccccc12. The molecule has 0 amide bonds. The lowest BCUT2D eigenvalue weighted by atomic mass is 10.1. The smallest absolute Gasteiger partial charge is 0.321 e. The van der Waals surface area contributed by atoms with E-state index in [1.165, 1.54) is 6.07 Å². The zero-order chi connectivity index (χ0) is 20.7. The summed E-state index contributed by atoms with van der Waals surface area (Å²) in [5, 5.41) is 19.0. The van der Waals surface area contributed by atoms with E-state index in [-0.39, 0.29) is 11.3 Å². The molecule has 9 heteroatoms. The topological polar surface area (TPSA) is 130 Å². The minimum atomic E-state index is -4.20. The zero-order valence-electron chi connectivity index (χ0n) is 15.4. The van der Waals surface area contributed by atoms with E-state index in [0.717, 1.165) is 12.8 Å². The van der Waals surface area contributed by atoms with Gasteiger partial charge in [-0.15, -0.1) is 0 Å². The van der Waals surface area contributed by atoms with Crippen LogP contribution >= 0.6 is 0 Å². The van der Waals surface area contributed by atoms with Gasteiger partial charge in [0.05, 0.1) is 11.5 Å². The number of hydrogen-bond donors (Lipinski definition) is 3. The molecule has 0 aliphatic heterocycles. The van der Waals surface area contributed by atoms with Crippen LogP contribution in [0.5, 0.6) is 5.75 Å². The average molecular weight is 409 g/mol. The number of ether oxygens (including phenoxy) is 1. The van der Waals surface area contributed by atoms with Crippen molar-refractivity contribution in [3.63, 3.8) is 0 Å². The van der Waals surface area contributed by atoms with Gasteiger partial charge in [-0.3, -0.25) is 9.59 Å². The molecule has 0 saturated heterocycles. The van der Waals surface area contributed by atoms with Crippen LogP contribution in [0.4, 0.5) is 0 Å². The van der Waals surface area contributed by atoms with Gasteiger partial charge in [0, 0.05) is 17.2 Å². The van der Waals surface area contributed by atoms with Gasteiger partial charge in [0.25, 0.3) is 0 Å². The van der Waals surface area contributed by atoms with E-state index in [9.17, 15) is 23.1 Å². The number of benzene rings is 2. The van der Waals surface area contributed by atoms with Gasteiger partial charge in [-0.2, -0.15) is 4.72 Å². The molecule has 0 bridgehead atoms. The highest BCUT2D eigenvalue weighted by Gasteiger charge is 2.27. The van der Waals surface area contributed by atoms with E-state index in [4.69, 9.17) is 9.84 Å². The summed E-state index contributed by atoms with van der Waals surface area (Å²) in [6.07, 6.45) is 0.992. The third-order valence-corrected chi connectivity index (χ3v) is 5.66.